The van der Waals surface area contributed by atoms with Crippen LogP contribution in [0.2, 0.25) is 0 Å². The monoisotopic (exact) mass is 439 g/mol. The van der Waals surface area contributed by atoms with Crippen molar-refractivity contribution in [1.29, 1.82) is 0 Å². The average molecular weight is 440 g/mol. The maximum atomic E-state index is 14.5. The van der Waals surface area contributed by atoms with Gasteiger partial charge in [0, 0.05) is 29.5 Å². The molecule has 158 valence electrons. The molecule has 0 radical (unpaired) electrons. The first-order valence-corrected chi connectivity index (χ1v) is 10.1. The topological polar surface area (TPSA) is 85.3 Å². The van der Waals surface area contributed by atoms with Crippen LogP contribution in [-0.4, -0.2) is 26.6 Å². The van der Waals surface area contributed by atoms with Crippen molar-refractivity contribution < 1.29 is 9.18 Å². The van der Waals surface area contributed by atoms with Gasteiger partial charge in [0.25, 0.3) is 5.91 Å². The first-order valence-electron chi connectivity index (χ1n) is 9.14. The van der Waals surface area contributed by atoms with Crippen molar-refractivity contribution in [3.05, 3.63) is 47.0 Å². The smallest absolute Gasteiger partial charge is 0.273 e. The number of nitrogens with one attached hydrogen (secondary N) is 1. The molecule has 0 spiro atoms. The van der Waals surface area contributed by atoms with Gasteiger partial charge < -0.3 is 11.1 Å². The Morgan fingerprint density at radius 1 is 1.34 bits per heavy atom. The fourth-order valence-electron chi connectivity index (χ4n) is 3.14. The lowest BCUT2D eigenvalue weighted by Crippen LogP contribution is -2.30. The molecule has 1 aromatic heterocycles. The largest absolute Gasteiger partial charge is 0.379 e. The molecule has 0 aliphatic carbocycles. The van der Waals surface area contributed by atoms with E-state index in [-0.39, 0.29) is 29.5 Å². The molecule has 1 atom stereocenters. The van der Waals surface area contributed by atoms with Crippen LogP contribution < -0.4 is 11.1 Å². The molecule has 29 heavy (non-hydrogen) atoms. The van der Waals surface area contributed by atoms with Crippen molar-refractivity contribution in [2.45, 2.75) is 45.1 Å². The normalized spacial score (nSPS) is 19.3. The first-order chi connectivity index (χ1) is 13.0. The number of nitrogens with zero attached hydrogens (tertiary/aromatic N) is 3. The number of anilines is 1. The first kappa shape index (κ1) is 23.2. The Labute approximate surface area is 180 Å². The minimum absolute atomic E-state index is 0. The second kappa shape index (κ2) is 8.36. The molecule has 0 unspecified atom stereocenters. The molecule has 0 fully saturated rings. The fraction of sp³-hybridized carbons (Fsp3) is 0.450. The van der Waals surface area contributed by atoms with Crippen molar-refractivity contribution in [2.75, 3.05) is 11.1 Å². The summed E-state index contributed by atoms with van der Waals surface area (Å²) in [7, 11) is 1.73. The van der Waals surface area contributed by atoms with E-state index >= 15 is 0 Å². The predicted octanol–water partition coefficient (Wildman–Crippen LogP) is 4.20. The highest BCUT2D eigenvalue weighted by Gasteiger charge is 2.32. The van der Waals surface area contributed by atoms with E-state index in [0.717, 1.165) is 11.4 Å². The molecule has 6 nitrogen and oxygen atoms in total. The highest BCUT2D eigenvalue weighted by atomic mass is 35.5. The van der Waals surface area contributed by atoms with Gasteiger partial charge in [0.1, 0.15) is 11.5 Å². The fourth-order valence-corrected chi connectivity index (χ4v) is 4.11. The van der Waals surface area contributed by atoms with Gasteiger partial charge in [-0.2, -0.15) is 5.10 Å². The summed E-state index contributed by atoms with van der Waals surface area (Å²) in [4.78, 5) is 17.2. The van der Waals surface area contributed by atoms with Gasteiger partial charge in [0.2, 0.25) is 0 Å². The third kappa shape index (κ3) is 4.93. The molecular weight excluding hydrogens is 413 g/mol. The number of aromatic nitrogens is 2. The van der Waals surface area contributed by atoms with Crippen LogP contribution in [0.4, 0.5) is 10.1 Å². The van der Waals surface area contributed by atoms with E-state index < -0.39 is 5.54 Å². The minimum atomic E-state index is -0.744. The van der Waals surface area contributed by atoms with Crippen molar-refractivity contribution in [3.8, 4) is 0 Å². The molecule has 1 aromatic carbocycles. The van der Waals surface area contributed by atoms with E-state index in [1.165, 1.54) is 17.8 Å². The Morgan fingerprint density at radius 3 is 2.62 bits per heavy atom. The number of halogens is 2. The Hall–Kier alpha value is -2.06. The summed E-state index contributed by atoms with van der Waals surface area (Å²) in [6.45, 7) is 7.98. The lowest BCUT2D eigenvalue weighted by atomic mass is 9.89. The third-order valence-electron chi connectivity index (χ3n) is 4.88. The van der Waals surface area contributed by atoms with E-state index in [1.807, 2.05) is 27.7 Å². The maximum Gasteiger partial charge on any atom is 0.273 e. The van der Waals surface area contributed by atoms with Gasteiger partial charge in [-0.3, -0.25) is 14.5 Å². The van der Waals surface area contributed by atoms with E-state index in [4.69, 9.17) is 5.73 Å². The van der Waals surface area contributed by atoms with Crippen molar-refractivity contribution in [2.24, 2.45) is 17.8 Å². The lowest BCUT2D eigenvalue weighted by molar-refractivity contribution is 0.101. The molecule has 3 N–H and O–H groups in total. The van der Waals surface area contributed by atoms with Crippen LogP contribution >= 0.6 is 24.2 Å². The Morgan fingerprint density at radius 2 is 2.03 bits per heavy atom. The molecule has 2 aromatic rings. The molecule has 0 saturated heterocycles. The number of thioether (sulfide) groups is 1. The van der Waals surface area contributed by atoms with E-state index in [9.17, 15) is 9.18 Å². The number of hydrogen-bond acceptors (Lipinski definition) is 5. The summed E-state index contributed by atoms with van der Waals surface area (Å²) in [6, 6.07) is 6.32. The summed E-state index contributed by atoms with van der Waals surface area (Å²) < 4.78 is 16.1. The standard InChI is InChI=1S/C20H26FN5OS.ClH/c1-19(2,3)16-11-15(26(5)25-16)17(27)23-12-6-7-14(21)13(10-12)20(4)8-9-28-18(22)24-20;/h6-7,10-11H,8-9H2,1-5H3,(H2,22,24)(H,23,27);1H/t20-;/m0./s1. The van der Waals surface area contributed by atoms with E-state index in [2.05, 4.69) is 15.4 Å². The molecule has 9 heteroatoms. The number of amides is 1. The molecule has 3 rings (SSSR count). The molecule has 2 heterocycles. The zero-order chi connectivity index (χ0) is 20.7. The maximum absolute atomic E-state index is 14.5. The van der Waals surface area contributed by atoms with Crippen molar-refractivity contribution >= 4 is 40.9 Å². The van der Waals surface area contributed by atoms with Gasteiger partial charge in [0.15, 0.2) is 5.17 Å². The number of carbonyl (C=O) groups is 1. The van der Waals surface area contributed by atoms with Gasteiger partial charge in [-0.05, 0) is 37.6 Å². The molecule has 1 aliphatic heterocycles. The summed E-state index contributed by atoms with van der Waals surface area (Å²) in [5, 5.41) is 7.73. The molecular formula is C20H27ClFN5OS. The minimum Gasteiger partial charge on any atom is -0.379 e. The highest BCUT2D eigenvalue weighted by Crippen LogP contribution is 2.37. The van der Waals surface area contributed by atoms with Gasteiger partial charge in [-0.1, -0.05) is 32.5 Å². The number of nitrogens with two attached hydrogens (primary N) is 1. The van der Waals surface area contributed by atoms with Crippen LogP contribution in [0, 0.1) is 5.82 Å². The quantitative estimate of drug-likeness (QED) is 0.750. The van der Waals surface area contributed by atoms with Crippen molar-refractivity contribution in [3.63, 3.8) is 0 Å². The van der Waals surface area contributed by atoms with Crippen LogP contribution in [0.3, 0.4) is 0 Å². The number of carbonyl (C=O) groups excluding carboxylic acids is 1. The van der Waals surface area contributed by atoms with Crippen LogP contribution in [0.25, 0.3) is 0 Å². The van der Waals surface area contributed by atoms with Crippen LogP contribution in [0.5, 0.6) is 0 Å². The second-order valence-corrected chi connectivity index (χ2v) is 9.37. The van der Waals surface area contributed by atoms with Gasteiger partial charge in [-0.15, -0.1) is 12.4 Å². The zero-order valence-corrected chi connectivity index (χ0v) is 18.9. The number of benzene rings is 1. The van der Waals surface area contributed by atoms with Gasteiger partial charge in [-0.25, -0.2) is 4.39 Å². The van der Waals surface area contributed by atoms with Crippen molar-refractivity contribution in [1.82, 2.24) is 9.78 Å². The molecule has 1 aliphatic rings. The van der Waals surface area contributed by atoms with Gasteiger partial charge >= 0.3 is 0 Å². The summed E-state index contributed by atoms with van der Waals surface area (Å²) >= 11 is 1.46. The number of rotatable bonds is 3. The van der Waals surface area contributed by atoms with Crippen LogP contribution in [-0.2, 0) is 18.0 Å². The summed E-state index contributed by atoms with van der Waals surface area (Å²) in [6.07, 6.45) is 0.670. The Bertz CT molecular complexity index is 953. The predicted molar refractivity (Wildman–Crippen MR) is 120 cm³/mol. The van der Waals surface area contributed by atoms with E-state index in [0.29, 0.717) is 28.5 Å². The Balaban J connectivity index is 0.00000300. The average Bonchev–Trinajstić information content (AvgIpc) is 2.98. The summed E-state index contributed by atoms with van der Waals surface area (Å²) in [5.41, 5.74) is 7.16. The number of aliphatic imine (C=N–C) groups is 1. The SMILES string of the molecule is Cl.Cn1nc(C(C)(C)C)cc1C(=O)Nc1ccc(F)c([C@]2(C)CCSC(N)=N2)c1. The Kier molecular flexibility index (Phi) is 6.69. The lowest BCUT2D eigenvalue weighted by Gasteiger charge is -2.30. The third-order valence-corrected chi connectivity index (χ3v) is 5.68. The van der Waals surface area contributed by atoms with Gasteiger partial charge in [0.05, 0.1) is 11.2 Å². The van der Waals surface area contributed by atoms with Crippen LogP contribution in [0.15, 0.2) is 29.3 Å². The molecule has 1 amide bonds. The summed E-state index contributed by atoms with van der Waals surface area (Å²) in [5.74, 6) is 0.113. The highest BCUT2D eigenvalue weighted by molar-refractivity contribution is 8.13. The van der Waals surface area contributed by atoms with Crippen LogP contribution in [0.1, 0.15) is 55.9 Å². The molecule has 0 bridgehead atoms. The second-order valence-electron chi connectivity index (χ2n) is 8.26. The number of amidine groups is 1. The molecule has 0 saturated carbocycles. The van der Waals surface area contributed by atoms with E-state index in [1.54, 1.807) is 29.9 Å². The number of aryl methyl sites for hydroxylation is 1. The zero-order valence-electron chi connectivity index (χ0n) is 17.2. The number of hydrogen-bond donors (Lipinski definition) is 2.